The highest BCUT2D eigenvalue weighted by Crippen LogP contribution is 2.25. The van der Waals surface area contributed by atoms with Crippen molar-refractivity contribution in [1.29, 1.82) is 0 Å². The number of benzene rings is 1. The van der Waals surface area contributed by atoms with Crippen molar-refractivity contribution in [2.45, 2.75) is 31.6 Å². The van der Waals surface area contributed by atoms with Crippen LogP contribution in [0.15, 0.2) is 42.9 Å². The zero-order valence-electron chi connectivity index (χ0n) is 13.0. The van der Waals surface area contributed by atoms with Crippen molar-refractivity contribution in [2.24, 2.45) is 0 Å². The number of halogens is 1. The average molecular weight is 330 g/mol. The molecule has 5 heteroatoms. The monoisotopic (exact) mass is 329 g/mol. The summed E-state index contributed by atoms with van der Waals surface area (Å²) in [5.41, 5.74) is 2.13. The number of hydrogen-bond donors (Lipinski definition) is 0. The molecular weight excluding hydrogens is 310 g/mol. The Balaban J connectivity index is 1.55. The van der Waals surface area contributed by atoms with Crippen LogP contribution in [0, 0.1) is 0 Å². The van der Waals surface area contributed by atoms with E-state index >= 15 is 0 Å². The van der Waals surface area contributed by atoms with Gasteiger partial charge < -0.3 is 4.90 Å². The van der Waals surface area contributed by atoms with E-state index in [2.05, 4.69) is 9.97 Å². The van der Waals surface area contributed by atoms with Crippen LogP contribution < -0.4 is 0 Å². The van der Waals surface area contributed by atoms with Crippen LogP contribution in [-0.4, -0.2) is 33.9 Å². The number of piperidine rings is 1. The maximum Gasteiger partial charge on any atom is 0.222 e. The van der Waals surface area contributed by atoms with Gasteiger partial charge >= 0.3 is 0 Å². The van der Waals surface area contributed by atoms with Crippen molar-refractivity contribution in [3.63, 3.8) is 0 Å². The maximum atomic E-state index is 12.5. The second-order valence-electron chi connectivity index (χ2n) is 5.94. The highest BCUT2D eigenvalue weighted by molar-refractivity contribution is 6.30. The summed E-state index contributed by atoms with van der Waals surface area (Å²) in [5.74, 6) is 0.519. The molecule has 23 heavy (non-hydrogen) atoms. The van der Waals surface area contributed by atoms with Gasteiger partial charge in [-0.25, -0.2) is 0 Å². The number of rotatable bonds is 4. The molecule has 1 aliphatic heterocycles. The van der Waals surface area contributed by atoms with Gasteiger partial charge in [-0.1, -0.05) is 23.7 Å². The summed E-state index contributed by atoms with van der Waals surface area (Å²) in [6, 6.07) is 7.70. The molecule has 120 valence electrons. The van der Waals surface area contributed by atoms with Gasteiger partial charge in [-0.2, -0.15) is 0 Å². The smallest absolute Gasteiger partial charge is 0.222 e. The number of amides is 1. The summed E-state index contributed by atoms with van der Waals surface area (Å²) in [4.78, 5) is 23.0. The minimum Gasteiger partial charge on any atom is -0.342 e. The van der Waals surface area contributed by atoms with Crippen molar-refractivity contribution in [3.05, 3.63) is 59.1 Å². The van der Waals surface area contributed by atoms with Gasteiger partial charge in [-0.3, -0.25) is 14.8 Å². The molecule has 1 aromatic carbocycles. The highest BCUT2D eigenvalue weighted by Gasteiger charge is 2.25. The zero-order chi connectivity index (χ0) is 16.1. The number of aryl methyl sites for hydroxylation is 1. The molecule has 2 aromatic rings. The quantitative estimate of drug-likeness (QED) is 0.862. The predicted octanol–water partition coefficient (Wildman–Crippen LogP) is 3.47. The van der Waals surface area contributed by atoms with E-state index in [1.165, 1.54) is 0 Å². The van der Waals surface area contributed by atoms with Gasteiger partial charge in [0.2, 0.25) is 5.91 Å². The van der Waals surface area contributed by atoms with E-state index in [-0.39, 0.29) is 5.91 Å². The molecule has 3 rings (SSSR count). The van der Waals surface area contributed by atoms with Crippen LogP contribution >= 0.6 is 11.6 Å². The summed E-state index contributed by atoms with van der Waals surface area (Å²) >= 11 is 5.88. The summed E-state index contributed by atoms with van der Waals surface area (Å²) in [7, 11) is 0. The maximum absolute atomic E-state index is 12.5. The minimum absolute atomic E-state index is 0.216. The van der Waals surface area contributed by atoms with E-state index in [9.17, 15) is 4.79 Å². The zero-order valence-corrected chi connectivity index (χ0v) is 13.7. The van der Waals surface area contributed by atoms with Crippen molar-refractivity contribution < 1.29 is 4.79 Å². The Morgan fingerprint density at radius 2 is 2.09 bits per heavy atom. The van der Waals surface area contributed by atoms with Crippen molar-refractivity contribution >= 4 is 17.5 Å². The lowest BCUT2D eigenvalue weighted by Crippen LogP contribution is -2.39. The van der Waals surface area contributed by atoms with Gasteiger partial charge in [0.25, 0.3) is 0 Å². The van der Waals surface area contributed by atoms with Crippen molar-refractivity contribution in [3.8, 4) is 0 Å². The number of aromatic nitrogens is 2. The topological polar surface area (TPSA) is 46.1 Å². The molecule has 0 bridgehead atoms. The van der Waals surface area contributed by atoms with Crippen LogP contribution in [-0.2, 0) is 11.2 Å². The molecule has 0 N–H and O–H groups in total. The molecule has 0 saturated carbocycles. The molecule has 4 nitrogen and oxygen atoms in total. The molecule has 1 aliphatic rings. The van der Waals surface area contributed by atoms with Crippen LogP contribution in [0.3, 0.4) is 0 Å². The Labute approximate surface area is 141 Å². The van der Waals surface area contributed by atoms with Gasteiger partial charge in [0.1, 0.15) is 0 Å². The fraction of sp³-hybridized carbons (Fsp3) is 0.389. The third-order valence-electron chi connectivity index (χ3n) is 4.32. The van der Waals surface area contributed by atoms with E-state index in [0.29, 0.717) is 12.3 Å². The van der Waals surface area contributed by atoms with Gasteiger partial charge in [-0.15, -0.1) is 0 Å². The Morgan fingerprint density at radius 1 is 1.26 bits per heavy atom. The molecule has 1 saturated heterocycles. The van der Waals surface area contributed by atoms with Crippen molar-refractivity contribution in [1.82, 2.24) is 14.9 Å². The molecule has 1 aromatic heterocycles. The molecule has 1 fully saturated rings. The lowest BCUT2D eigenvalue weighted by Gasteiger charge is -2.32. The Hall–Kier alpha value is -1.94. The molecule has 0 radical (unpaired) electrons. The summed E-state index contributed by atoms with van der Waals surface area (Å²) in [6.07, 6.45) is 8.59. The number of hydrogen-bond acceptors (Lipinski definition) is 3. The third kappa shape index (κ3) is 4.29. The fourth-order valence-corrected chi connectivity index (χ4v) is 3.15. The van der Waals surface area contributed by atoms with E-state index in [4.69, 9.17) is 11.6 Å². The molecule has 0 spiro atoms. The largest absolute Gasteiger partial charge is 0.342 e. The fourth-order valence-electron chi connectivity index (χ4n) is 3.03. The lowest BCUT2D eigenvalue weighted by atomic mass is 9.94. The van der Waals surface area contributed by atoms with E-state index in [1.54, 1.807) is 12.4 Å². The minimum atomic E-state index is 0.216. The standard InChI is InChI=1S/C18H20ClN3O/c19-16-6-3-14(4-7-16)5-8-18(23)22-11-1-2-15(13-22)17-12-20-9-10-21-17/h3-4,6-7,9-10,12,15H,1-2,5,8,11,13H2. The third-order valence-corrected chi connectivity index (χ3v) is 4.57. The van der Waals surface area contributed by atoms with Crippen molar-refractivity contribution in [2.75, 3.05) is 13.1 Å². The first kappa shape index (κ1) is 15.9. The van der Waals surface area contributed by atoms with Crippen LogP contribution in [0.5, 0.6) is 0 Å². The van der Waals surface area contributed by atoms with Gasteiger partial charge in [-0.05, 0) is 37.0 Å². The first-order chi connectivity index (χ1) is 11.2. The summed E-state index contributed by atoms with van der Waals surface area (Å²) in [5, 5.41) is 0.725. The molecular formula is C18H20ClN3O. The summed E-state index contributed by atoms with van der Waals surface area (Å²) in [6.45, 7) is 1.59. The Morgan fingerprint density at radius 3 is 2.83 bits per heavy atom. The van der Waals surface area contributed by atoms with Crippen LogP contribution in [0.1, 0.15) is 36.4 Å². The van der Waals surface area contributed by atoms with Crippen LogP contribution in [0.25, 0.3) is 0 Å². The first-order valence-corrected chi connectivity index (χ1v) is 8.38. The normalized spacial score (nSPS) is 18.0. The number of likely N-dealkylation sites (tertiary alicyclic amines) is 1. The SMILES string of the molecule is O=C(CCc1ccc(Cl)cc1)N1CCCC(c2cnccn2)C1. The average Bonchev–Trinajstić information content (AvgIpc) is 2.62. The van der Waals surface area contributed by atoms with Crippen LogP contribution in [0.4, 0.5) is 0 Å². The highest BCUT2D eigenvalue weighted by atomic mass is 35.5. The molecule has 0 aliphatic carbocycles. The molecule has 1 unspecified atom stereocenters. The van der Waals surface area contributed by atoms with E-state index in [1.807, 2.05) is 35.4 Å². The van der Waals surface area contributed by atoms with Crippen LogP contribution in [0.2, 0.25) is 5.02 Å². The number of nitrogens with zero attached hydrogens (tertiary/aromatic N) is 3. The van der Waals surface area contributed by atoms with Gasteiger partial charge in [0.15, 0.2) is 0 Å². The second kappa shape index (κ2) is 7.55. The molecule has 1 amide bonds. The Kier molecular flexibility index (Phi) is 5.23. The van der Waals surface area contributed by atoms with E-state index < -0.39 is 0 Å². The number of carbonyl (C=O) groups is 1. The Bertz CT molecular complexity index is 645. The van der Waals surface area contributed by atoms with Gasteiger partial charge in [0.05, 0.1) is 5.69 Å². The lowest BCUT2D eigenvalue weighted by molar-refractivity contribution is -0.132. The summed E-state index contributed by atoms with van der Waals surface area (Å²) < 4.78 is 0. The van der Waals surface area contributed by atoms with E-state index in [0.717, 1.165) is 48.6 Å². The second-order valence-corrected chi connectivity index (χ2v) is 6.37. The molecule has 1 atom stereocenters. The van der Waals surface area contributed by atoms with Gasteiger partial charge in [0, 0.05) is 49.0 Å². The number of carbonyl (C=O) groups excluding carboxylic acids is 1. The predicted molar refractivity (Wildman–Crippen MR) is 90.4 cm³/mol. The molecule has 2 heterocycles. The first-order valence-electron chi connectivity index (χ1n) is 8.00.